The predicted octanol–water partition coefficient (Wildman–Crippen LogP) is 2.17. The number of aryl methyl sites for hydroxylation is 1. The summed E-state index contributed by atoms with van der Waals surface area (Å²) in [7, 11) is 1.99. The monoisotopic (exact) mass is 269 g/mol. The van der Waals surface area contributed by atoms with Gasteiger partial charge in [-0.3, -0.25) is 4.68 Å². The maximum Gasteiger partial charge on any atom is 0.138 e. The van der Waals surface area contributed by atoms with Gasteiger partial charge in [-0.05, 0) is 36.5 Å². The normalized spacial score (nSPS) is 38.0. The van der Waals surface area contributed by atoms with Crippen LogP contribution in [-0.4, -0.2) is 20.1 Å². The zero-order valence-electron chi connectivity index (χ0n) is 8.99. The van der Waals surface area contributed by atoms with Crippen LogP contribution in [0, 0.1) is 17.3 Å². The van der Waals surface area contributed by atoms with Crippen molar-refractivity contribution in [1.82, 2.24) is 14.8 Å². The molecule has 1 aromatic rings. The summed E-state index contributed by atoms with van der Waals surface area (Å²) < 4.78 is 1.91. The van der Waals surface area contributed by atoms with Gasteiger partial charge in [-0.2, -0.15) is 5.10 Å². The molecule has 0 N–H and O–H groups in total. The lowest BCUT2D eigenvalue weighted by atomic mass is 9.81. The number of hydrogen-bond donors (Lipinski definition) is 0. The first-order valence-electron chi connectivity index (χ1n) is 5.61. The van der Waals surface area contributed by atoms with E-state index in [-0.39, 0.29) is 0 Å². The van der Waals surface area contributed by atoms with E-state index in [0.29, 0.717) is 5.41 Å². The minimum atomic E-state index is 0.467. The first-order valence-corrected chi connectivity index (χ1v) is 6.73. The fourth-order valence-electron chi connectivity index (χ4n) is 3.12. The summed E-state index contributed by atoms with van der Waals surface area (Å²) in [4.78, 5) is 4.34. The van der Waals surface area contributed by atoms with E-state index in [2.05, 4.69) is 26.0 Å². The molecule has 0 bridgehead atoms. The molecule has 3 rings (SSSR count). The fourth-order valence-corrected chi connectivity index (χ4v) is 3.78. The topological polar surface area (TPSA) is 30.7 Å². The number of aromatic nitrogens is 3. The lowest BCUT2D eigenvalue weighted by Crippen LogP contribution is -2.25. The van der Waals surface area contributed by atoms with E-state index in [1.165, 1.54) is 19.3 Å². The first kappa shape index (κ1) is 9.82. The highest BCUT2D eigenvalue weighted by Gasteiger charge is 2.53. The van der Waals surface area contributed by atoms with E-state index in [1.807, 2.05) is 11.7 Å². The Bertz CT molecular complexity index is 364. The largest absolute Gasteiger partial charge is 0.253 e. The Kier molecular flexibility index (Phi) is 2.16. The average molecular weight is 270 g/mol. The number of hydrogen-bond acceptors (Lipinski definition) is 2. The maximum absolute atomic E-state index is 4.34. The third-order valence-electron chi connectivity index (χ3n) is 4.08. The van der Waals surface area contributed by atoms with Crippen molar-refractivity contribution in [1.29, 1.82) is 0 Å². The van der Waals surface area contributed by atoms with Crippen LogP contribution in [0.15, 0.2) is 6.33 Å². The van der Waals surface area contributed by atoms with Crippen molar-refractivity contribution >= 4 is 15.9 Å². The van der Waals surface area contributed by atoms with E-state index >= 15 is 0 Å². The molecule has 2 saturated carbocycles. The third-order valence-corrected chi connectivity index (χ3v) is 5.27. The van der Waals surface area contributed by atoms with Crippen molar-refractivity contribution in [3.63, 3.8) is 0 Å². The highest BCUT2D eigenvalue weighted by Crippen LogP contribution is 2.61. The number of fused-ring (bicyclic) bond motifs is 1. The second-order valence-corrected chi connectivity index (χ2v) is 5.84. The number of rotatable bonds is 3. The standard InChI is InChI=1S/C11H16BrN3/c1-15-10(13-7-14-15)5-11(6-12)3-8-2-9(8)4-11/h7-9H,2-6H2,1H3. The minimum absolute atomic E-state index is 0.467. The molecule has 0 amide bonds. The van der Waals surface area contributed by atoms with E-state index < -0.39 is 0 Å². The minimum Gasteiger partial charge on any atom is -0.253 e. The molecular weight excluding hydrogens is 254 g/mol. The molecule has 15 heavy (non-hydrogen) atoms. The highest BCUT2D eigenvalue weighted by molar-refractivity contribution is 9.09. The number of alkyl halides is 1. The van der Waals surface area contributed by atoms with Crippen LogP contribution in [0.1, 0.15) is 25.1 Å². The van der Waals surface area contributed by atoms with Crippen LogP contribution in [-0.2, 0) is 13.5 Å². The van der Waals surface area contributed by atoms with Gasteiger partial charge in [-0.15, -0.1) is 0 Å². The summed E-state index contributed by atoms with van der Waals surface area (Å²) in [6.45, 7) is 0. The second-order valence-electron chi connectivity index (χ2n) is 5.27. The Labute approximate surface area is 98.4 Å². The van der Waals surface area contributed by atoms with Crippen LogP contribution in [0.5, 0.6) is 0 Å². The van der Waals surface area contributed by atoms with Crippen LogP contribution in [0.2, 0.25) is 0 Å². The van der Waals surface area contributed by atoms with Crippen molar-refractivity contribution in [2.75, 3.05) is 5.33 Å². The molecule has 2 atom stereocenters. The molecule has 0 saturated heterocycles. The van der Waals surface area contributed by atoms with Gasteiger partial charge >= 0.3 is 0 Å². The quantitative estimate of drug-likeness (QED) is 0.788. The fraction of sp³-hybridized carbons (Fsp3) is 0.818. The van der Waals surface area contributed by atoms with Gasteiger partial charge in [0, 0.05) is 18.8 Å². The third kappa shape index (κ3) is 1.63. The summed E-state index contributed by atoms with van der Waals surface area (Å²) in [5.41, 5.74) is 0.467. The van der Waals surface area contributed by atoms with Crippen LogP contribution in [0.4, 0.5) is 0 Å². The summed E-state index contributed by atoms with van der Waals surface area (Å²) in [6.07, 6.45) is 6.99. The van der Waals surface area contributed by atoms with Crippen LogP contribution >= 0.6 is 15.9 Å². The number of nitrogens with zero attached hydrogens (tertiary/aromatic N) is 3. The zero-order chi connectivity index (χ0) is 10.5. The molecule has 1 heterocycles. The van der Waals surface area contributed by atoms with Gasteiger partial charge in [0.05, 0.1) is 0 Å². The summed E-state index contributed by atoms with van der Waals surface area (Å²) >= 11 is 3.69. The molecule has 2 aliphatic rings. The Balaban J connectivity index is 1.78. The Morgan fingerprint density at radius 2 is 2.27 bits per heavy atom. The molecule has 3 nitrogen and oxygen atoms in total. The lowest BCUT2D eigenvalue weighted by Gasteiger charge is -2.27. The molecule has 0 spiro atoms. The molecule has 2 aliphatic carbocycles. The van der Waals surface area contributed by atoms with Crippen LogP contribution in [0.25, 0.3) is 0 Å². The van der Waals surface area contributed by atoms with Gasteiger partial charge in [0.1, 0.15) is 12.2 Å². The summed E-state index contributed by atoms with van der Waals surface area (Å²) in [5, 5.41) is 5.26. The molecule has 2 unspecified atom stereocenters. The first-order chi connectivity index (χ1) is 7.22. The van der Waals surface area contributed by atoms with E-state index in [1.54, 1.807) is 6.33 Å². The summed E-state index contributed by atoms with van der Waals surface area (Å²) in [5.74, 6) is 3.18. The smallest absolute Gasteiger partial charge is 0.138 e. The van der Waals surface area contributed by atoms with Crippen molar-refractivity contribution in [2.45, 2.75) is 25.7 Å². The molecular formula is C11H16BrN3. The SMILES string of the molecule is Cn1ncnc1CC1(CBr)CC2CC2C1. The van der Waals surface area contributed by atoms with Crippen LogP contribution < -0.4 is 0 Å². The van der Waals surface area contributed by atoms with Crippen molar-refractivity contribution in [3.8, 4) is 0 Å². The van der Waals surface area contributed by atoms with Crippen molar-refractivity contribution < 1.29 is 0 Å². The Morgan fingerprint density at radius 3 is 2.80 bits per heavy atom. The summed E-state index contributed by atoms with van der Waals surface area (Å²) in [6, 6.07) is 0. The van der Waals surface area contributed by atoms with Gasteiger partial charge in [-0.1, -0.05) is 15.9 Å². The predicted molar refractivity (Wildman–Crippen MR) is 61.8 cm³/mol. The van der Waals surface area contributed by atoms with Crippen molar-refractivity contribution in [2.24, 2.45) is 24.3 Å². The van der Waals surface area contributed by atoms with Gasteiger partial charge in [0.15, 0.2) is 0 Å². The second kappa shape index (κ2) is 3.30. The van der Waals surface area contributed by atoms with Crippen LogP contribution in [0.3, 0.4) is 0 Å². The molecule has 0 aliphatic heterocycles. The molecule has 1 aromatic heterocycles. The van der Waals surface area contributed by atoms with E-state index in [0.717, 1.165) is 29.4 Å². The maximum atomic E-state index is 4.34. The highest BCUT2D eigenvalue weighted by atomic mass is 79.9. The zero-order valence-corrected chi connectivity index (χ0v) is 10.6. The van der Waals surface area contributed by atoms with Gasteiger partial charge < -0.3 is 0 Å². The molecule has 4 heteroatoms. The molecule has 0 aromatic carbocycles. The Hall–Kier alpha value is -0.380. The Morgan fingerprint density at radius 1 is 1.53 bits per heavy atom. The molecule has 2 fully saturated rings. The van der Waals surface area contributed by atoms with Gasteiger partial charge in [0.2, 0.25) is 0 Å². The van der Waals surface area contributed by atoms with E-state index in [4.69, 9.17) is 0 Å². The molecule has 82 valence electrons. The molecule has 0 radical (unpaired) electrons. The average Bonchev–Trinajstić information content (AvgIpc) is 2.66. The number of halogens is 1. The van der Waals surface area contributed by atoms with Gasteiger partial charge in [0.25, 0.3) is 0 Å². The van der Waals surface area contributed by atoms with E-state index in [9.17, 15) is 0 Å². The lowest BCUT2D eigenvalue weighted by molar-refractivity contribution is 0.297. The van der Waals surface area contributed by atoms with Gasteiger partial charge in [-0.25, -0.2) is 4.98 Å². The van der Waals surface area contributed by atoms with Crippen molar-refractivity contribution in [3.05, 3.63) is 12.2 Å².